The summed E-state index contributed by atoms with van der Waals surface area (Å²) in [6, 6.07) is 12.3. The molecule has 37 heavy (non-hydrogen) atoms. The third-order valence-corrected chi connectivity index (χ3v) is 7.57. The molecule has 2 rings (SSSR count). The monoisotopic (exact) mass is 531 g/mol. The summed E-state index contributed by atoms with van der Waals surface area (Å²) in [5.74, 6) is 0.337. The van der Waals surface area contributed by atoms with E-state index in [1.165, 1.54) is 10.6 Å². The van der Waals surface area contributed by atoms with Gasteiger partial charge in [0.15, 0.2) is 0 Å². The molecule has 2 amide bonds. The fourth-order valence-electron chi connectivity index (χ4n) is 4.10. The zero-order valence-corrected chi connectivity index (χ0v) is 23.7. The highest BCUT2D eigenvalue weighted by molar-refractivity contribution is 7.92. The Morgan fingerprint density at radius 2 is 1.70 bits per heavy atom. The van der Waals surface area contributed by atoms with E-state index in [-0.39, 0.29) is 31.3 Å². The van der Waals surface area contributed by atoms with Gasteiger partial charge in [-0.3, -0.25) is 13.9 Å². The molecule has 2 aromatic rings. The fourth-order valence-corrected chi connectivity index (χ4v) is 5.06. The van der Waals surface area contributed by atoms with Gasteiger partial charge in [-0.1, -0.05) is 32.0 Å². The van der Waals surface area contributed by atoms with Gasteiger partial charge >= 0.3 is 0 Å². The Labute approximate surface area is 222 Å². The second-order valence-corrected chi connectivity index (χ2v) is 11.2. The van der Waals surface area contributed by atoms with Crippen molar-refractivity contribution in [3.63, 3.8) is 0 Å². The van der Waals surface area contributed by atoms with Crippen molar-refractivity contribution in [2.75, 3.05) is 30.8 Å². The van der Waals surface area contributed by atoms with Gasteiger partial charge in [0.2, 0.25) is 21.8 Å². The smallest absolute Gasteiger partial charge is 0.242 e. The summed E-state index contributed by atoms with van der Waals surface area (Å²) in [5.41, 5.74) is 3.53. The van der Waals surface area contributed by atoms with E-state index in [2.05, 4.69) is 5.32 Å². The van der Waals surface area contributed by atoms with Crippen LogP contribution in [0.25, 0.3) is 0 Å². The molecule has 0 bridgehead atoms. The number of sulfonamides is 1. The van der Waals surface area contributed by atoms with Crippen molar-refractivity contribution < 1.29 is 22.7 Å². The maximum atomic E-state index is 13.5. The van der Waals surface area contributed by atoms with Crippen molar-refractivity contribution in [1.29, 1.82) is 0 Å². The fraction of sp³-hybridized carbons (Fsp3) is 0.500. The summed E-state index contributed by atoms with van der Waals surface area (Å²) in [4.78, 5) is 28.0. The van der Waals surface area contributed by atoms with E-state index in [9.17, 15) is 18.0 Å². The molecule has 0 aliphatic heterocycles. The molecule has 0 spiro atoms. The van der Waals surface area contributed by atoms with E-state index in [0.29, 0.717) is 30.8 Å². The zero-order chi connectivity index (χ0) is 27.6. The predicted octanol–water partition coefficient (Wildman–Crippen LogP) is 4.19. The number of amides is 2. The molecular formula is C28H41N3O5S. The lowest BCUT2D eigenvalue weighted by atomic mass is 10.1. The third-order valence-electron chi connectivity index (χ3n) is 6.38. The largest absolute Gasteiger partial charge is 0.497 e. The molecule has 0 aromatic heterocycles. The van der Waals surface area contributed by atoms with Crippen LogP contribution in [0.5, 0.6) is 5.75 Å². The minimum absolute atomic E-state index is 0.116. The quantitative estimate of drug-likeness (QED) is 0.394. The number of benzene rings is 2. The highest BCUT2D eigenvalue weighted by Crippen LogP contribution is 2.23. The van der Waals surface area contributed by atoms with Gasteiger partial charge in [-0.25, -0.2) is 8.42 Å². The number of nitrogens with one attached hydrogen (secondary N) is 1. The van der Waals surface area contributed by atoms with E-state index in [1.807, 2.05) is 64.1 Å². The van der Waals surface area contributed by atoms with Crippen LogP contribution in [0.15, 0.2) is 42.5 Å². The number of rotatable bonds is 14. The molecule has 1 atom stereocenters. The van der Waals surface area contributed by atoms with Gasteiger partial charge in [0.25, 0.3) is 0 Å². The Balaban J connectivity index is 2.22. The van der Waals surface area contributed by atoms with Gasteiger partial charge in [0, 0.05) is 26.1 Å². The average Bonchev–Trinajstić information content (AvgIpc) is 2.86. The number of methoxy groups -OCH3 is 1. The standard InChI is InChI=1S/C28H41N3O5S/c1-7-17-29-28(33)26(8-2)30(20-23-12-15-25(36-5)16-13-23)27(32)10-9-18-31(37(6,34)35)24-14-11-21(3)22(4)19-24/h11-16,19,26H,7-10,17-18,20H2,1-6H3,(H,29,33)/t26-/m1/s1. The normalized spacial score (nSPS) is 12.1. The average molecular weight is 532 g/mol. The van der Waals surface area contributed by atoms with Gasteiger partial charge in [-0.15, -0.1) is 0 Å². The number of carbonyl (C=O) groups is 2. The van der Waals surface area contributed by atoms with Crippen LogP contribution in [0.3, 0.4) is 0 Å². The Morgan fingerprint density at radius 1 is 1.03 bits per heavy atom. The van der Waals surface area contributed by atoms with Crippen LogP contribution < -0.4 is 14.4 Å². The van der Waals surface area contributed by atoms with Gasteiger partial charge in [0.1, 0.15) is 11.8 Å². The van der Waals surface area contributed by atoms with E-state index in [4.69, 9.17) is 4.74 Å². The maximum Gasteiger partial charge on any atom is 0.242 e. The summed E-state index contributed by atoms with van der Waals surface area (Å²) in [7, 11) is -1.94. The summed E-state index contributed by atoms with van der Waals surface area (Å²) in [6.45, 7) is 8.75. The molecule has 0 aliphatic rings. The molecule has 0 saturated carbocycles. The van der Waals surface area contributed by atoms with Crippen LogP contribution in [0, 0.1) is 13.8 Å². The zero-order valence-electron chi connectivity index (χ0n) is 22.9. The highest BCUT2D eigenvalue weighted by Gasteiger charge is 2.28. The lowest BCUT2D eigenvalue weighted by Gasteiger charge is -2.31. The first kappa shape index (κ1) is 30.2. The first-order valence-corrected chi connectivity index (χ1v) is 14.6. The van der Waals surface area contributed by atoms with Crippen molar-refractivity contribution in [1.82, 2.24) is 10.2 Å². The first-order valence-electron chi connectivity index (χ1n) is 12.8. The van der Waals surface area contributed by atoms with Crippen LogP contribution >= 0.6 is 0 Å². The van der Waals surface area contributed by atoms with Gasteiger partial charge in [-0.05, 0) is 74.1 Å². The minimum Gasteiger partial charge on any atom is -0.497 e. The number of hydrogen-bond acceptors (Lipinski definition) is 5. The second-order valence-electron chi connectivity index (χ2n) is 9.29. The van der Waals surface area contributed by atoms with Crippen LogP contribution in [0.2, 0.25) is 0 Å². The molecule has 2 aromatic carbocycles. The minimum atomic E-state index is -3.53. The topological polar surface area (TPSA) is 96.0 Å². The Morgan fingerprint density at radius 3 is 2.24 bits per heavy atom. The third kappa shape index (κ3) is 8.77. The lowest BCUT2D eigenvalue weighted by Crippen LogP contribution is -2.49. The Bertz CT molecular complexity index is 1150. The summed E-state index contributed by atoms with van der Waals surface area (Å²) >= 11 is 0. The summed E-state index contributed by atoms with van der Waals surface area (Å²) in [5, 5.41) is 2.91. The number of hydrogen-bond donors (Lipinski definition) is 1. The van der Waals surface area contributed by atoms with Crippen molar-refractivity contribution in [3.05, 3.63) is 59.2 Å². The first-order chi connectivity index (χ1) is 17.5. The molecule has 1 N–H and O–H groups in total. The van der Waals surface area contributed by atoms with Gasteiger partial charge in [-0.2, -0.15) is 0 Å². The molecule has 9 heteroatoms. The number of aryl methyl sites for hydroxylation is 2. The van der Waals surface area contributed by atoms with E-state index in [0.717, 1.165) is 23.1 Å². The van der Waals surface area contributed by atoms with Gasteiger partial charge in [0.05, 0.1) is 19.1 Å². The number of ether oxygens (including phenoxy) is 1. The van der Waals surface area contributed by atoms with Crippen molar-refractivity contribution in [3.8, 4) is 5.75 Å². The predicted molar refractivity (Wildman–Crippen MR) is 148 cm³/mol. The number of anilines is 1. The van der Waals surface area contributed by atoms with E-state index >= 15 is 0 Å². The molecule has 0 fully saturated rings. The van der Waals surface area contributed by atoms with Crippen LogP contribution in [-0.2, 0) is 26.2 Å². The molecule has 0 unspecified atom stereocenters. The number of nitrogens with zero attached hydrogens (tertiary/aromatic N) is 2. The van der Waals surface area contributed by atoms with Crippen molar-refractivity contribution in [2.24, 2.45) is 0 Å². The maximum absolute atomic E-state index is 13.5. The van der Waals surface area contributed by atoms with Crippen molar-refractivity contribution >= 4 is 27.5 Å². The van der Waals surface area contributed by atoms with Crippen LogP contribution in [0.4, 0.5) is 5.69 Å². The number of carbonyl (C=O) groups excluding carboxylic acids is 2. The van der Waals surface area contributed by atoms with Gasteiger partial charge < -0.3 is 15.0 Å². The van der Waals surface area contributed by atoms with E-state index < -0.39 is 16.1 Å². The summed E-state index contributed by atoms with van der Waals surface area (Å²) in [6.07, 6.45) is 2.88. The van der Waals surface area contributed by atoms with Crippen LogP contribution in [0.1, 0.15) is 56.2 Å². The second kappa shape index (κ2) is 14.0. The molecular weight excluding hydrogens is 490 g/mol. The lowest BCUT2D eigenvalue weighted by molar-refractivity contribution is -0.141. The van der Waals surface area contributed by atoms with E-state index in [1.54, 1.807) is 18.1 Å². The highest BCUT2D eigenvalue weighted by atomic mass is 32.2. The molecule has 204 valence electrons. The molecule has 0 heterocycles. The molecule has 8 nitrogen and oxygen atoms in total. The summed E-state index contributed by atoms with van der Waals surface area (Å²) < 4.78 is 31.7. The molecule has 0 saturated heterocycles. The van der Waals surface area contributed by atoms with Crippen molar-refractivity contribution in [2.45, 2.75) is 66.0 Å². The Kier molecular flexibility index (Phi) is 11.4. The SMILES string of the molecule is CCCNC(=O)[C@@H](CC)N(Cc1ccc(OC)cc1)C(=O)CCCN(c1ccc(C)c(C)c1)S(C)(=O)=O. The molecule has 0 aliphatic carbocycles. The molecule has 0 radical (unpaired) electrons. The van der Waals surface area contributed by atoms with Crippen LogP contribution in [-0.4, -0.2) is 57.6 Å². The Hall–Kier alpha value is -3.07.